The number of aliphatic hydroxyl groups is 1. The Morgan fingerprint density at radius 3 is 2.57 bits per heavy atom. The smallest absolute Gasteiger partial charge is 0.317 e. The lowest BCUT2D eigenvalue weighted by Crippen LogP contribution is -2.49. The number of amides is 1. The van der Waals surface area contributed by atoms with Crippen molar-refractivity contribution in [1.82, 2.24) is 19.5 Å². The van der Waals surface area contributed by atoms with Crippen LogP contribution in [0, 0.1) is 5.92 Å². The molecule has 0 bridgehead atoms. The molecule has 0 saturated carbocycles. The summed E-state index contributed by atoms with van der Waals surface area (Å²) >= 11 is 0. The zero-order chi connectivity index (χ0) is 26.3. The first-order chi connectivity index (χ1) is 16.2. The zero-order valence-corrected chi connectivity index (χ0v) is 22.9. The van der Waals surface area contributed by atoms with Gasteiger partial charge in [0.25, 0.3) is 5.56 Å². The molecule has 2 unspecified atom stereocenters. The van der Waals surface area contributed by atoms with Crippen LogP contribution in [0.2, 0.25) is 18.1 Å². The van der Waals surface area contributed by atoms with Crippen LogP contribution in [0.5, 0.6) is 0 Å². The number of anilines is 1. The lowest BCUT2D eigenvalue weighted by molar-refractivity contribution is -0.118. The number of nitrogens with one attached hydrogen (secondary N) is 2. The van der Waals surface area contributed by atoms with Crippen LogP contribution < -0.4 is 10.9 Å². The van der Waals surface area contributed by atoms with Crippen LogP contribution in [0.3, 0.4) is 0 Å². The van der Waals surface area contributed by atoms with Crippen molar-refractivity contribution in [2.24, 2.45) is 5.92 Å². The van der Waals surface area contributed by atoms with E-state index in [1.54, 1.807) is 13.8 Å². The van der Waals surface area contributed by atoms with E-state index in [2.05, 4.69) is 20.3 Å². The van der Waals surface area contributed by atoms with Gasteiger partial charge in [0.1, 0.15) is 18.3 Å². The van der Waals surface area contributed by atoms with Crippen molar-refractivity contribution >= 4 is 39.6 Å². The molecule has 1 amide bonds. The third kappa shape index (κ3) is 5.74. The quantitative estimate of drug-likeness (QED) is 0.290. The van der Waals surface area contributed by atoms with Crippen molar-refractivity contribution in [3.8, 4) is 0 Å². The van der Waals surface area contributed by atoms with Gasteiger partial charge in [0.15, 0.2) is 25.7 Å². The molecule has 0 radical (unpaired) electrons. The topological polar surface area (TPSA) is 178 Å². The fourth-order valence-electron chi connectivity index (χ4n) is 3.41. The van der Waals surface area contributed by atoms with Gasteiger partial charge in [-0.1, -0.05) is 34.6 Å². The number of carbonyl (C=O) groups is 1. The van der Waals surface area contributed by atoms with E-state index in [1.807, 2.05) is 33.9 Å². The Kier molecular flexibility index (Phi) is 8.06. The molecule has 0 aliphatic carbocycles. The maximum absolute atomic E-state index is 12.6. The predicted molar refractivity (Wildman–Crippen MR) is 131 cm³/mol. The molecule has 2 aromatic rings. The van der Waals surface area contributed by atoms with E-state index >= 15 is 0 Å². The lowest BCUT2D eigenvalue weighted by atomic mass is 10.1. The number of aromatic amines is 1. The second kappa shape index (κ2) is 10.2. The Balaban J connectivity index is 2.11. The SMILES string of the molecule is CC(C)C(=O)Nc1nc2c(ncn2[C@@H]2O[C@H](CO)[C@@H](O[PH](=O)O)C2O[Si](C)(C)C(C)(C)C)c(=O)[nH]1. The summed E-state index contributed by atoms with van der Waals surface area (Å²) in [5.41, 5.74) is -0.460. The molecule has 0 spiro atoms. The zero-order valence-electron chi connectivity index (χ0n) is 20.9. The van der Waals surface area contributed by atoms with Gasteiger partial charge in [-0.05, 0) is 18.1 Å². The number of aromatic nitrogens is 4. The van der Waals surface area contributed by atoms with Crippen LogP contribution in [0.15, 0.2) is 11.1 Å². The van der Waals surface area contributed by atoms with E-state index in [9.17, 15) is 24.2 Å². The number of fused-ring (bicyclic) bond motifs is 1. The first-order valence-electron chi connectivity index (χ1n) is 11.3. The number of ether oxygens (including phenoxy) is 1. The maximum atomic E-state index is 12.6. The van der Waals surface area contributed by atoms with Gasteiger partial charge in [-0.2, -0.15) is 4.98 Å². The molecule has 15 heteroatoms. The molecule has 3 rings (SSSR count). The van der Waals surface area contributed by atoms with Crippen LogP contribution in [-0.2, 0) is 23.0 Å². The van der Waals surface area contributed by atoms with Gasteiger partial charge < -0.3 is 23.7 Å². The molecule has 2 aromatic heterocycles. The molecule has 3 heterocycles. The molecule has 1 fully saturated rings. The first-order valence-corrected chi connectivity index (χ1v) is 15.4. The summed E-state index contributed by atoms with van der Waals surface area (Å²) in [6.45, 7) is 13.0. The molecule has 1 aliphatic rings. The van der Waals surface area contributed by atoms with Crippen LogP contribution in [0.25, 0.3) is 11.2 Å². The van der Waals surface area contributed by atoms with Crippen molar-refractivity contribution in [2.45, 2.75) is 77.3 Å². The highest BCUT2D eigenvalue weighted by molar-refractivity contribution is 7.32. The van der Waals surface area contributed by atoms with Crippen molar-refractivity contribution in [3.05, 3.63) is 16.7 Å². The van der Waals surface area contributed by atoms with Crippen LogP contribution in [0.1, 0.15) is 40.8 Å². The van der Waals surface area contributed by atoms with E-state index < -0.39 is 53.3 Å². The second-order valence-corrected chi connectivity index (χ2v) is 15.8. The second-order valence-electron chi connectivity index (χ2n) is 10.3. The van der Waals surface area contributed by atoms with Gasteiger partial charge in [-0.15, -0.1) is 0 Å². The van der Waals surface area contributed by atoms with Gasteiger partial charge >= 0.3 is 8.25 Å². The van der Waals surface area contributed by atoms with Crippen molar-refractivity contribution in [2.75, 3.05) is 11.9 Å². The fourth-order valence-corrected chi connectivity index (χ4v) is 5.22. The van der Waals surface area contributed by atoms with Crippen molar-refractivity contribution in [1.29, 1.82) is 0 Å². The van der Waals surface area contributed by atoms with E-state index in [4.69, 9.17) is 13.7 Å². The monoisotopic (exact) mass is 531 g/mol. The largest absolute Gasteiger partial charge is 0.407 e. The number of rotatable bonds is 8. The summed E-state index contributed by atoms with van der Waals surface area (Å²) in [6, 6.07) is 0. The predicted octanol–water partition coefficient (Wildman–Crippen LogP) is 1.76. The minimum Gasteiger partial charge on any atom is -0.407 e. The summed E-state index contributed by atoms with van der Waals surface area (Å²) in [4.78, 5) is 45.3. The number of hydrogen-bond acceptors (Lipinski definition) is 9. The van der Waals surface area contributed by atoms with Gasteiger partial charge in [-0.25, -0.2) is 4.98 Å². The molecule has 5 atom stereocenters. The Morgan fingerprint density at radius 2 is 2.03 bits per heavy atom. The molecule has 1 saturated heterocycles. The molecular formula is C20H34N5O8PSi. The van der Waals surface area contributed by atoms with Crippen molar-refractivity contribution in [3.63, 3.8) is 0 Å². The summed E-state index contributed by atoms with van der Waals surface area (Å²) in [7, 11) is -5.88. The van der Waals surface area contributed by atoms with E-state index in [0.717, 1.165) is 0 Å². The number of hydrogen-bond donors (Lipinski definition) is 4. The Hall–Kier alpha value is -1.93. The lowest BCUT2D eigenvalue weighted by Gasteiger charge is -2.40. The molecule has 13 nitrogen and oxygen atoms in total. The minimum atomic E-state index is -3.40. The number of imidazole rings is 1. The number of H-pyrrole nitrogens is 1. The summed E-state index contributed by atoms with van der Waals surface area (Å²) in [6.07, 6.45) is -2.60. The Bertz CT molecular complexity index is 1160. The Labute approximate surface area is 204 Å². The molecule has 196 valence electrons. The van der Waals surface area contributed by atoms with E-state index in [1.165, 1.54) is 10.9 Å². The van der Waals surface area contributed by atoms with Crippen LogP contribution >= 0.6 is 8.25 Å². The summed E-state index contributed by atoms with van der Waals surface area (Å²) < 4.78 is 31.0. The van der Waals surface area contributed by atoms with Gasteiger partial charge in [-0.3, -0.25) is 29.0 Å². The minimum absolute atomic E-state index is 0.00266. The molecular weight excluding hydrogens is 497 g/mol. The summed E-state index contributed by atoms with van der Waals surface area (Å²) in [5, 5.41) is 12.3. The number of aliphatic hydroxyl groups excluding tert-OH is 1. The van der Waals surface area contributed by atoms with E-state index in [0.29, 0.717) is 0 Å². The van der Waals surface area contributed by atoms with E-state index in [-0.39, 0.29) is 34.0 Å². The highest BCUT2D eigenvalue weighted by atomic mass is 31.1. The van der Waals surface area contributed by atoms with Gasteiger partial charge in [0.2, 0.25) is 11.9 Å². The fraction of sp³-hybridized carbons (Fsp3) is 0.700. The molecule has 35 heavy (non-hydrogen) atoms. The Morgan fingerprint density at radius 1 is 1.37 bits per heavy atom. The van der Waals surface area contributed by atoms with Crippen molar-refractivity contribution < 1.29 is 33.0 Å². The highest BCUT2D eigenvalue weighted by Gasteiger charge is 2.52. The highest BCUT2D eigenvalue weighted by Crippen LogP contribution is 2.44. The van der Waals surface area contributed by atoms with Gasteiger partial charge in [0.05, 0.1) is 12.9 Å². The average Bonchev–Trinajstić information content (AvgIpc) is 3.28. The third-order valence-corrected chi connectivity index (χ3v) is 11.4. The molecule has 0 aromatic carbocycles. The average molecular weight is 532 g/mol. The number of nitrogens with zero attached hydrogens (tertiary/aromatic N) is 3. The van der Waals surface area contributed by atoms with Crippen LogP contribution in [-0.4, -0.2) is 68.7 Å². The summed E-state index contributed by atoms with van der Waals surface area (Å²) in [5.74, 6) is -0.738. The maximum Gasteiger partial charge on any atom is 0.317 e. The van der Waals surface area contributed by atoms with Crippen LogP contribution in [0.4, 0.5) is 5.95 Å². The molecule has 4 N–H and O–H groups in total. The third-order valence-electron chi connectivity index (χ3n) is 6.41. The van der Waals surface area contributed by atoms with Gasteiger partial charge in [0, 0.05) is 5.92 Å². The molecule has 1 aliphatic heterocycles. The first kappa shape index (κ1) is 27.7. The normalized spacial score (nSPS) is 24.3. The standard InChI is InChI=1S/C20H34N5O8PSi/c1-10(2)16(27)23-19-22-15-12(17(28)24-19)21-9-25(15)18-14(33-35(6,7)20(3,4)5)13(32-34(29)30)11(8-26)31-18/h9-11,13-14,18,26,34H,8H2,1-7H3,(H,29,30)(H2,22,23,24,27,28)/t11-,13-,14?,18-/m1/s1. The number of carbonyl (C=O) groups excluding carboxylic acids is 1.